The number of nitrogens with one attached hydrogen (secondary N) is 2. The van der Waals surface area contributed by atoms with E-state index in [0.29, 0.717) is 29.7 Å². The molecule has 166 valence electrons. The molecule has 0 spiro atoms. The summed E-state index contributed by atoms with van der Waals surface area (Å²) in [7, 11) is 0. The van der Waals surface area contributed by atoms with Crippen molar-refractivity contribution in [2.75, 3.05) is 0 Å². The molecule has 4 aromatic rings. The maximum absolute atomic E-state index is 12.5. The molecule has 6 heteroatoms. The first-order chi connectivity index (χ1) is 16.1. The zero-order valence-electron chi connectivity index (χ0n) is 18.7. The molecule has 1 amide bonds. The quantitative estimate of drug-likeness (QED) is 0.280. The van der Waals surface area contributed by atoms with Crippen molar-refractivity contribution in [2.45, 2.75) is 26.4 Å². The van der Waals surface area contributed by atoms with Gasteiger partial charge in [-0.05, 0) is 40.8 Å². The van der Waals surface area contributed by atoms with Gasteiger partial charge in [0.15, 0.2) is 0 Å². The maximum Gasteiger partial charge on any atom is 0.289 e. The highest BCUT2D eigenvalue weighted by Gasteiger charge is 2.14. The minimum Gasteiger partial charge on any atom is -0.488 e. The summed E-state index contributed by atoms with van der Waals surface area (Å²) in [5.41, 5.74) is 7.52. The zero-order chi connectivity index (χ0) is 23.0. The Morgan fingerprint density at radius 1 is 1.03 bits per heavy atom. The van der Waals surface area contributed by atoms with E-state index < -0.39 is 0 Å². The molecule has 2 N–H and O–H groups in total. The molecule has 0 fully saturated rings. The van der Waals surface area contributed by atoms with Crippen LogP contribution in [-0.2, 0) is 6.61 Å². The third-order valence-corrected chi connectivity index (χ3v) is 5.21. The zero-order valence-corrected chi connectivity index (χ0v) is 18.7. The lowest BCUT2D eigenvalue weighted by Crippen LogP contribution is -2.18. The second-order valence-corrected chi connectivity index (χ2v) is 7.96. The number of nitrogens with zero attached hydrogens (tertiary/aromatic N) is 2. The normalized spacial score (nSPS) is 11.1. The van der Waals surface area contributed by atoms with Gasteiger partial charge in [-0.25, -0.2) is 5.43 Å². The fourth-order valence-electron chi connectivity index (χ4n) is 3.31. The Hall–Kier alpha value is -4.19. The van der Waals surface area contributed by atoms with E-state index in [1.54, 1.807) is 12.3 Å². The predicted octanol–water partition coefficient (Wildman–Crippen LogP) is 5.54. The smallest absolute Gasteiger partial charge is 0.289 e. The first kappa shape index (κ1) is 22.0. The molecule has 0 bridgehead atoms. The number of hydrogen-bond acceptors (Lipinski definition) is 4. The highest BCUT2D eigenvalue weighted by atomic mass is 16.5. The second-order valence-electron chi connectivity index (χ2n) is 7.96. The van der Waals surface area contributed by atoms with E-state index in [2.05, 4.69) is 46.7 Å². The van der Waals surface area contributed by atoms with Gasteiger partial charge in [-0.3, -0.25) is 9.89 Å². The van der Waals surface area contributed by atoms with Gasteiger partial charge in [-0.15, -0.1) is 0 Å². The van der Waals surface area contributed by atoms with Crippen LogP contribution in [0.2, 0.25) is 0 Å². The molecule has 0 saturated carbocycles. The average molecular weight is 439 g/mol. The van der Waals surface area contributed by atoms with Crippen LogP contribution in [0.3, 0.4) is 0 Å². The van der Waals surface area contributed by atoms with Crippen molar-refractivity contribution in [3.8, 4) is 17.0 Å². The molecule has 0 aliphatic carbocycles. The molecular formula is C27H26N4O2. The van der Waals surface area contributed by atoms with Gasteiger partial charge in [0.25, 0.3) is 5.91 Å². The SMILES string of the molecule is CC(C)c1ccc(/C=N/NC(=O)c2cc(-c3ccccc3OCc3ccccc3)n[nH]2)cc1. The third kappa shape index (κ3) is 5.74. The number of H-pyrrole nitrogens is 1. The molecule has 0 atom stereocenters. The average Bonchev–Trinajstić information content (AvgIpc) is 3.34. The van der Waals surface area contributed by atoms with Gasteiger partial charge in [0.2, 0.25) is 0 Å². The molecule has 4 rings (SSSR count). The summed E-state index contributed by atoms with van der Waals surface area (Å²) in [5.74, 6) is 0.799. The molecule has 33 heavy (non-hydrogen) atoms. The van der Waals surface area contributed by atoms with Crippen LogP contribution in [0.15, 0.2) is 90.0 Å². The van der Waals surface area contributed by atoms with E-state index in [1.165, 1.54) is 5.56 Å². The number of rotatable bonds is 8. The van der Waals surface area contributed by atoms with Gasteiger partial charge >= 0.3 is 0 Å². The lowest BCUT2D eigenvalue weighted by Gasteiger charge is -2.10. The molecule has 0 aliphatic heterocycles. The van der Waals surface area contributed by atoms with Gasteiger partial charge in [-0.2, -0.15) is 10.2 Å². The van der Waals surface area contributed by atoms with E-state index in [1.807, 2.05) is 66.7 Å². The minimum absolute atomic E-state index is 0.315. The second kappa shape index (κ2) is 10.4. The Morgan fingerprint density at radius 2 is 1.76 bits per heavy atom. The van der Waals surface area contributed by atoms with Crippen LogP contribution in [0.1, 0.15) is 46.9 Å². The predicted molar refractivity (Wildman–Crippen MR) is 130 cm³/mol. The van der Waals surface area contributed by atoms with Crippen molar-refractivity contribution in [1.82, 2.24) is 15.6 Å². The van der Waals surface area contributed by atoms with Crippen molar-refractivity contribution >= 4 is 12.1 Å². The Kier molecular flexibility index (Phi) is 6.95. The summed E-state index contributed by atoms with van der Waals surface area (Å²) < 4.78 is 6.01. The fourth-order valence-corrected chi connectivity index (χ4v) is 3.31. The summed E-state index contributed by atoms with van der Waals surface area (Å²) in [6.45, 7) is 4.74. The van der Waals surface area contributed by atoms with Crippen LogP contribution in [0.25, 0.3) is 11.3 Å². The van der Waals surface area contributed by atoms with Crippen LogP contribution >= 0.6 is 0 Å². The minimum atomic E-state index is -0.369. The van der Waals surface area contributed by atoms with E-state index in [-0.39, 0.29) is 5.91 Å². The van der Waals surface area contributed by atoms with Crippen molar-refractivity contribution < 1.29 is 9.53 Å². The molecule has 6 nitrogen and oxygen atoms in total. The van der Waals surface area contributed by atoms with Crippen LogP contribution < -0.4 is 10.2 Å². The Bertz CT molecular complexity index is 1230. The summed E-state index contributed by atoms with van der Waals surface area (Å²) in [5, 5.41) is 11.1. The number of aromatic nitrogens is 2. The van der Waals surface area contributed by atoms with E-state index in [9.17, 15) is 4.79 Å². The van der Waals surface area contributed by atoms with Crippen LogP contribution in [0.4, 0.5) is 0 Å². The Morgan fingerprint density at radius 3 is 2.52 bits per heavy atom. The summed E-state index contributed by atoms with van der Waals surface area (Å²) >= 11 is 0. The first-order valence-corrected chi connectivity index (χ1v) is 10.8. The largest absolute Gasteiger partial charge is 0.488 e. The number of para-hydroxylation sites is 1. The van der Waals surface area contributed by atoms with E-state index in [4.69, 9.17) is 4.74 Å². The molecule has 0 radical (unpaired) electrons. The maximum atomic E-state index is 12.5. The van der Waals surface area contributed by atoms with Gasteiger partial charge in [0, 0.05) is 5.56 Å². The van der Waals surface area contributed by atoms with Crippen LogP contribution in [0.5, 0.6) is 5.75 Å². The van der Waals surface area contributed by atoms with Crippen molar-refractivity contribution in [1.29, 1.82) is 0 Å². The van der Waals surface area contributed by atoms with Crippen LogP contribution in [-0.4, -0.2) is 22.3 Å². The molecule has 3 aromatic carbocycles. The van der Waals surface area contributed by atoms with Crippen molar-refractivity contribution in [3.63, 3.8) is 0 Å². The number of hydrazone groups is 1. The molecule has 0 saturated heterocycles. The number of ether oxygens (including phenoxy) is 1. The molecular weight excluding hydrogens is 412 g/mol. The number of amides is 1. The Labute approximate surface area is 193 Å². The lowest BCUT2D eigenvalue weighted by atomic mass is 10.0. The van der Waals surface area contributed by atoms with E-state index in [0.717, 1.165) is 16.7 Å². The van der Waals surface area contributed by atoms with Gasteiger partial charge in [0.1, 0.15) is 18.1 Å². The lowest BCUT2D eigenvalue weighted by molar-refractivity contribution is 0.0950. The first-order valence-electron chi connectivity index (χ1n) is 10.8. The number of hydrogen-bond donors (Lipinski definition) is 2. The molecule has 0 aliphatic rings. The summed E-state index contributed by atoms with van der Waals surface area (Å²) in [6, 6.07) is 27.3. The summed E-state index contributed by atoms with van der Waals surface area (Å²) in [6.07, 6.45) is 1.62. The summed E-state index contributed by atoms with van der Waals surface area (Å²) in [4.78, 5) is 12.5. The monoisotopic (exact) mass is 438 g/mol. The van der Waals surface area contributed by atoms with Crippen molar-refractivity contribution in [2.24, 2.45) is 5.10 Å². The highest BCUT2D eigenvalue weighted by molar-refractivity contribution is 5.94. The molecule has 1 heterocycles. The third-order valence-electron chi connectivity index (χ3n) is 5.21. The number of benzene rings is 3. The van der Waals surface area contributed by atoms with E-state index >= 15 is 0 Å². The topological polar surface area (TPSA) is 79.4 Å². The fraction of sp³-hybridized carbons (Fsp3) is 0.148. The molecule has 0 unspecified atom stereocenters. The number of carbonyl (C=O) groups excluding carboxylic acids is 1. The standard InChI is InChI=1S/C27H26N4O2/c1-19(2)22-14-12-20(13-15-22)17-28-31-27(32)25-16-24(29-30-25)23-10-6-7-11-26(23)33-18-21-8-4-3-5-9-21/h3-17,19H,18H2,1-2H3,(H,29,30)(H,31,32)/b28-17+. The van der Waals surface area contributed by atoms with Gasteiger partial charge in [-0.1, -0.05) is 80.6 Å². The van der Waals surface area contributed by atoms with Crippen molar-refractivity contribution in [3.05, 3.63) is 107 Å². The Balaban J connectivity index is 1.41. The number of aromatic amines is 1. The highest BCUT2D eigenvalue weighted by Crippen LogP contribution is 2.29. The van der Waals surface area contributed by atoms with Gasteiger partial charge in [0.05, 0.1) is 11.9 Å². The number of carbonyl (C=O) groups is 1. The molecule has 1 aromatic heterocycles. The van der Waals surface area contributed by atoms with Crippen LogP contribution in [0, 0.1) is 0 Å². The van der Waals surface area contributed by atoms with Gasteiger partial charge < -0.3 is 4.74 Å².